The third kappa shape index (κ3) is 1.53. The first-order valence-electron chi connectivity index (χ1n) is 8.13. The van der Waals surface area contributed by atoms with Crippen molar-refractivity contribution in [1.82, 2.24) is 0 Å². The lowest BCUT2D eigenvalue weighted by Crippen LogP contribution is -2.44. The number of ether oxygens (including phenoxy) is 1. The fourth-order valence-corrected chi connectivity index (χ4v) is 4.73. The van der Waals surface area contributed by atoms with E-state index in [-0.39, 0.29) is 10.8 Å². The monoisotopic (exact) mass is 294 g/mol. The Kier molecular flexibility index (Phi) is 2.73. The molecule has 0 amide bonds. The molecule has 0 aromatic heterocycles. The molecule has 2 aromatic carbocycles. The van der Waals surface area contributed by atoms with Crippen LogP contribution in [0.15, 0.2) is 30.3 Å². The van der Waals surface area contributed by atoms with E-state index in [9.17, 15) is 4.79 Å². The van der Waals surface area contributed by atoms with Gasteiger partial charge in [-0.05, 0) is 53.3 Å². The number of hydrogen-bond acceptors (Lipinski definition) is 2. The summed E-state index contributed by atoms with van der Waals surface area (Å²) in [6.07, 6.45) is 3.68. The quantitative estimate of drug-likeness (QED) is 0.778. The van der Waals surface area contributed by atoms with E-state index in [1.165, 1.54) is 21.9 Å². The summed E-state index contributed by atoms with van der Waals surface area (Å²) in [6.45, 7) is 4.48. The summed E-state index contributed by atoms with van der Waals surface area (Å²) in [4.78, 5) is 12.5. The number of ketones is 1. The van der Waals surface area contributed by atoms with Crippen molar-refractivity contribution in [3.8, 4) is 5.75 Å². The van der Waals surface area contributed by atoms with E-state index in [1.807, 2.05) is 6.07 Å². The summed E-state index contributed by atoms with van der Waals surface area (Å²) in [7, 11) is 1.70. The normalized spacial score (nSPS) is 30.2. The van der Waals surface area contributed by atoms with Crippen LogP contribution < -0.4 is 4.74 Å². The van der Waals surface area contributed by atoms with Gasteiger partial charge in [0.1, 0.15) is 11.5 Å². The lowest BCUT2D eigenvalue weighted by molar-refractivity contribution is -0.127. The van der Waals surface area contributed by atoms with Crippen LogP contribution in [0.4, 0.5) is 0 Å². The summed E-state index contributed by atoms with van der Waals surface area (Å²) in [5.41, 5.74) is 2.64. The molecule has 0 radical (unpaired) electrons. The van der Waals surface area contributed by atoms with E-state index in [4.69, 9.17) is 4.74 Å². The zero-order chi connectivity index (χ0) is 15.5. The van der Waals surface area contributed by atoms with Crippen molar-refractivity contribution in [2.75, 3.05) is 7.11 Å². The Morgan fingerprint density at radius 2 is 1.77 bits per heavy atom. The van der Waals surface area contributed by atoms with Crippen molar-refractivity contribution >= 4 is 16.6 Å². The topological polar surface area (TPSA) is 26.3 Å². The van der Waals surface area contributed by atoms with E-state index in [0.717, 1.165) is 31.4 Å². The molecule has 0 spiro atoms. The Labute approximate surface area is 131 Å². The number of rotatable bonds is 1. The molecule has 114 valence electrons. The van der Waals surface area contributed by atoms with Crippen LogP contribution in [0.25, 0.3) is 10.8 Å². The van der Waals surface area contributed by atoms with Crippen molar-refractivity contribution in [2.45, 2.75) is 44.9 Å². The maximum absolute atomic E-state index is 12.5. The first-order chi connectivity index (χ1) is 10.5. The maximum atomic E-state index is 12.5. The first kappa shape index (κ1) is 13.8. The molecule has 4 rings (SSSR count). The number of Topliss-reactive ketones (excluding diaryl/α,β-unsaturated/α-hetero) is 1. The van der Waals surface area contributed by atoms with Gasteiger partial charge in [0, 0.05) is 17.3 Å². The molecular weight excluding hydrogens is 272 g/mol. The molecule has 22 heavy (non-hydrogen) atoms. The molecule has 0 saturated heterocycles. The summed E-state index contributed by atoms with van der Waals surface area (Å²) >= 11 is 0. The van der Waals surface area contributed by atoms with Crippen LogP contribution in [0.3, 0.4) is 0 Å². The lowest BCUT2D eigenvalue weighted by Gasteiger charge is -2.45. The predicted molar refractivity (Wildman–Crippen MR) is 88.5 cm³/mol. The Morgan fingerprint density at radius 3 is 2.55 bits per heavy atom. The summed E-state index contributed by atoms with van der Waals surface area (Å²) in [5.74, 6) is 1.35. The van der Waals surface area contributed by atoms with Gasteiger partial charge in [-0.25, -0.2) is 0 Å². The standard InChI is InChI=1S/C20H22O2/c1-19-11-9-18(21)20(19,2)10-8-16-15-6-5-14(22-3)12-13(15)4-7-17(16)19/h4-7,12H,8-11H2,1-3H3. The smallest absolute Gasteiger partial charge is 0.139 e. The SMILES string of the molecule is COc1ccc2c3c(ccc2c1)C1(C)CCC(=O)C1(C)CC3. The van der Waals surface area contributed by atoms with E-state index >= 15 is 0 Å². The Morgan fingerprint density at radius 1 is 1.00 bits per heavy atom. The number of hydrogen-bond donors (Lipinski definition) is 0. The molecule has 2 aliphatic carbocycles. The highest BCUT2D eigenvalue weighted by Crippen LogP contribution is 2.58. The summed E-state index contributed by atoms with van der Waals surface area (Å²) < 4.78 is 5.34. The largest absolute Gasteiger partial charge is 0.497 e. The van der Waals surface area contributed by atoms with E-state index in [2.05, 4.69) is 38.1 Å². The molecule has 2 heteroatoms. The molecule has 0 bridgehead atoms. The van der Waals surface area contributed by atoms with E-state index in [0.29, 0.717) is 5.78 Å². The minimum absolute atomic E-state index is 0.00815. The van der Waals surface area contributed by atoms with Gasteiger partial charge >= 0.3 is 0 Å². The van der Waals surface area contributed by atoms with Crippen LogP contribution in [0.1, 0.15) is 44.2 Å². The predicted octanol–water partition coefficient (Wildman–Crippen LogP) is 4.42. The highest BCUT2D eigenvalue weighted by atomic mass is 16.5. The van der Waals surface area contributed by atoms with Crippen LogP contribution in [0.2, 0.25) is 0 Å². The van der Waals surface area contributed by atoms with Crippen LogP contribution in [0, 0.1) is 5.41 Å². The lowest BCUT2D eigenvalue weighted by atomic mass is 9.57. The molecule has 1 fully saturated rings. The van der Waals surface area contributed by atoms with Gasteiger partial charge in [0.2, 0.25) is 0 Å². The zero-order valence-electron chi connectivity index (χ0n) is 13.5. The number of carbonyl (C=O) groups excluding carboxylic acids is 1. The van der Waals surface area contributed by atoms with Gasteiger partial charge in [0.15, 0.2) is 0 Å². The second-order valence-electron chi connectivity index (χ2n) is 7.27. The fraction of sp³-hybridized carbons (Fsp3) is 0.450. The van der Waals surface area contributed by atoms with Crippen molar-refractivity contribution < 1.29 is 9.53 Å². The molecule has 1 saturated carbocycles. The van der Waals surface area contributed by atoms with Gasteiger partial charge < -0.3 is 4.74 Å². The summed E-state index contributed by atoms with van der Waals surface area (Å²) in [5, 5.41) is 2.55. The number of fused-ring (bicyclic) bond motifs is 5. The maximum Gasteiger partial charge on any atom is 0.139 e. The molecule has 0 aliphatic heterocycles. The molecule has 2 unspecified atom stereocenters. The van der Waals surface area contributed by atoms with E-state index < -0.39 is 0 Å². The minimum Gasteiger partial charge on any atom is -0.497 e. The first-order valence-corrected chi connectivity index (χ1v) is 8.13. The molecule has 2 atom stereocenters. The number of methoxy groups -OCH3 is 1. The molecule has 0 heterocycles. The van der Waals surface area contributed by atoms with Crippen molar-refractivity contribution in [3.05, 3.63) is 41.5 Å². The van der Waals surface area contributed by atoms with Gasteiger partial charge in [-0.2, -0.15) is 0 Å². The number of benzene rings is 2. The Balaban J connectivity index is 1.96. The molecule has 0 N–H and O–H groups in total. The molecule has 2 nitrogen and oxygen atoms in total. The van der Waals surface area contributed by atoms with Crippen molar-refractivity contribution in [1.29, 1.82) is 0 Å². The number of carbonyl (C=O) groups is 1. The van der Waals surface area contributed by atoms with Gasteiger partial charge in [-0.15, -0.1) is 0 Å². The van der Waals surface area contributed by atoms with Gasteiger partial charge in [-0.3, -0.25) is 4.79 Å². The van der Waals surface area contributed by atoms with Gasteiger partial charge in [0.25, 0.3) is 0 Å². The highest BCUT2D eigenvalue weighted by molar-refractivity contribution is 5.93. The Hall–Kier alpha value is -1.83. The molecule has 2 aliphatic rings. The van der Waals surface area contributed by atoms with Crippen LogP contribution in [-0.2, 0) is 16.6 Å². The Bertz CT molecular complexity index is 792. The van der Waals surface area contributed by atoms with Crippen LogP contribution in [0.5, 0.6) is 5.75 Å². The van der Waals surface area contributed by atoms with Gasteiger partial charge in [0.05, 0.1) is 7.11 Å². The van der Waals surface area contributed by atoms with Crippen molar-refractivity contribution in [2.24, 2.45) is 5.41 Å². The number of aryl methyl sites for hydroxylation is 1. The second-order valence-corrected chi connectivity index (χ2v) is 7.27. The average Bonchev–Trinajstić information content (AvgIpc) is 2.78. The molecule has 2 aromatic rings. The van der Waals surface area contributed by atoms with Crippen LogP contribution in [-0.4, -0.2) is 12.9 Å². The molecular formula is C20H22O2. The van der Waals surface area contributed by atoms with E-state index in [1.54, 1.807) is 7.11 Å². The average molecular weight is 294 g/mol. The second kappa shape index (κ2) is 4.34. The third-order valence-corrected chi connectivity index (χ3v) is 6.49. The van der Waals surface area contributed by atoms with Gasteiger partial charge in [-0.1, -0.05) is 32.0 Å². The van der Waals surface area contributed by atoms with Crippen molar-refractivity contribution in [3.63, 3.8) is 0 Å². The fourth-order valence-electron chi connectivity index (χ4n) is 4.73. The minimum atomic E-state index is -0.180. The zero-order valence-corrected chi connectivity index (χ0v) is 13.5. The van der Waals surface area contributed by atoms with Crippen LogP contribution >= 0.6 is 0 Å². The highest BCUT2D eigenvalue weighted by Gasteiger charge is 2.57. The third-order valence-electron chi connectivity index (χ3n) is 6.49. The summed E-state index contributed by atoms with van der Waals surface area (Å²) in [6, 6.07) is 10.8.